The number of likely N-dealkylation sites (N-methyl/N-ethyl adjacent to an activating group) is 1. The second-order valence-electron chi connectivity index (χ2n) is 5.70. The maximum absolute atomic E-state index is 11.8. The Kier molecular flexibility index (Phi) is 6.11. The van der Waals surface area contributed by atoms with Crippen molar-refractivity contribution in [2.45, 2.75) is 46.3 Å². The SMILES string of the molecule is CC(O)CN(C)C(=O)NC(CC(=O)O)C(C)(C)C. The van der Waals surface area contributed by atoms with Crippen LogP contribution in [0.2, 0.25) is 0 Å². The predicted molar refractivity (Wildman–Crippen MR) is 68.3 cm³/mol. The molecule has 0 aliphatic heterocycles. The summed E-state index contributed by atoms with van der Waals surface area (Å²) in [6, 6.07) is -0.837. The molecule has 0 heterocycles. The standard InChI is InChI=1S/C12H24N2O4/c1-8(15)7-14(5)11(18)13-9(6-10(16)17)12(2,3)4/h8-9,15H,6-7H2,1-5H3,(H,13,18)(H,16,17). The van der Waals surface area contributed by atoms with Crippen molar-refractivity contribution < 1.29 is 19.8 Å². The van der Waals surface area contributed by atoms with Crippen LogP contribution >= 0.6 is 0 Å². The van der Waals surface area contributed by atoms with E-state index in [2.05, 4.69) is 5.32 Å². The first-order valence-corrected chi connectivity index (χ1v) is 5.95. The van der Waals surface area contributed by atoms with Gasteiger partial charge in [-0.3, -0.25) is 4.79 Å². The number of carbonyl (C=O) groups excluding carboxylic acids is 1. The molecule has 0 aliphatic carbocycles. The number of carbonyl (C=O) groups is 2. The Bertz CT molecular complexity index is 297. The summed E-state index contributed by atoms with van der Waals surface area (Å²) >= 11 is 0. The molecule has 0 spiro atoms. The molecular formula is C12H24N2O4. The average Bonchev–Trinajstić information content (AvgIpc) is 2.13. The Morgan fingerprint density at radius 2 is 1.83 bits per heavy atom. The molecule has 0 aromatic heterocycles. The van der Waals surface area contributed by atoms with Gasteiger partial charge in [0.1, 0.15) is 0 Å². The number of rotatable bonds is 5. The van der Waals surface area contributed by atoms with Crippen LogP contribution in [0.5, 0.6) is 0 Å². The number of nitrogens with one attached hydrogen (secondary N) is 1. The molecule has 0 aromatic carbocycles. The molecule has 0 bridgehead atoms. The second kappa shape index (κ2) is 6.58. The fourth-order valence-corrected chi connectivity index (χ4v) is 1.49. The van der Waals surface area contributed by atoms with Crippen LogP contribution in [0, 0.1) is 5.41 Å². The van der Waals surface area contributed by atoms with Gasteiger partial charge in [-0.15, -0.1) is 0 Å². The highest BCUT2D eigenvalue weighted by molar-refractivity contribution is 5.75. The highest BCUT2D eigenvalue weighted by Gasteiger charge is 2.29. The lowest BCUT2D eigenvalue weighted by atomic mass is 9.85. The van der Waals surface area contributed by atoms with Gasteiger partial charge < -0.3 is 20.4 Å². The van der Waals surface area contributed by atoms with Gasteiger partial charge in [0.15, 0.2) is 0 Å². The lowest BCUT2D eigenvalue weighted by Gasteiger charge is -2.32. The molecule has 0 aromatic rings. The number of carboxylic acids is 1. The minimum atomic E-state index is -0.951. The number of nitrogens with zero attached hydrogens (tertiary/aromatic N) is 1. The fraction of sp³-hybridized carbons (Fsp3) is 0.833. The van der Waals surface area contributed by atoms with Gasteiger partial charge in [0.05, 0.1) is 12.5 Å². The predicted octanol–water partition coefficient (Wildman–Crippen LogP) is 0.898. The van der Waals surface area contributed by atoms with E-state index in [0.717, 1.165) is 0 Å². The number of carboxylic acid groups (broad SMARTS) is 1. The van der Waals surface area contributed by atoms with Gasteiger partial charge >= 0.3 is 12.0 Å². The Morgan fingerprint density at radius 1 is 1.33 bits per heavy atom. The van der Waals surface area contributed by atoms with E-state index in [1.807, 2.05) is 20.8 Å². The quantitative estimate of drug-likeness (QED) is 0.685. The third-order valence-electron chi connectivity index (χ3n) is 2.61. The van der Waals surface area contributed by atoms with Gasteiger partial charge in [-0.25, -0.2) is 4.79 Å². The van der Waals surface area contributed by atoms with E-state index in [0.29, 0.717) is 0 Å². The van der Waals surface area contributed by atoms with Crippen LogP contribution in [-0.2, 0) is 4.79 Å². The lowest BCUT2D eigenvalue weighted by Crippen LogP contribution is -2.50. The molecular weight excluding hydrogens is 236 g/mol. The number of urea groups is 1. The molecule has 0 aliphatic rings. The molecule has 18 heavy (non-hydrogen) atoms. The normalized spacial score (nSPS) is 14.8. The number of aliphatic hydroxyl groups excluding tert-OH is 1. The molecule has 0 radical (unpaired) electrons. The smallest absolute Gasteiger partial charge is 0.317 e. The van der Waals surface area contributed by atoms with Crippen molar-refractivity contribution in [2.24, 2.45) is 5.41 Å². The van der Waals surface area contributed by atoms with Gasteiger partial charge in [-0.1, -0.05) is 20.8 Å². The second-order valence-corrected chi connectivity index (χ2v) is 5.70. The van der Waals surface area contributed by atoms with Crippen molar-refractivity contribution >= 4 is 12.0 Å². The summed E-state index contributed by atoms with van der Waals surface area (Å²) in [7, 11) is 1.56. The number of amides is 2. The summed E-state index contributed by atoms with van der Waals surface area (Å²) in [4.78, 5) is 23.9. The molecule has 2 unspecified atom stereocenters. The molecule has 0 saturated heterocycles. The maximum atomic E-state index is 11.8. The molecule has 6 heteroatoms. The van der Waals surface area contributed by atoms with Crippen molar-refractivity contribution in [2.75, 3.05) is 13.6 Å². The number of aliphatic carboxylic acids is 1. The van der Waals surface area contributed by atoms with E-state index in [1.54, 1.807) is 14.0 Å². The number of aliphatic hydroxyl groups is 1. The molecule has 6 nitrogen and oxygen atoms in total. The van der Waals surface area contributed by atoms with Crippen LogP contribution in [0.4, 0.5) is 4.79 Å². The van der Waals surface area contributed by atoms with E-state index >= 15 is 0 Å². The summed E-state index contributed by atoms with van der Waals surface area (Å²) in [6.45, 7) is 7.40. The first kappa shape index (κ1) is 16.7. The minimum absolute atomic E-state index is 0.127. The van der Waals surface area contributed by atoms with E-state index in [1.165, 1.54) is 4.90 Å². The van der Waals surface area contributed by atoms with Crippen LogP contribution in [0.1, 0.15) is 34.1 Å². The third kappa shape index (κ3) is 6.44. The lowest BCUT2D eigenvalue weighted by molar-refractivity contribution is -0.138. The molecule has 2 amide bonds. The Balaban J connectivity index is 4.58. The van der Waals surface area contributed by atoms with Crippen molar-refractivity contribution in [3.05, 3.63) is 0 Å². The zero-order valence-electron chi connectivity index (χ0n) is 11.7. The summed E-state index contributed by atoms with van der Waals surface area (Å²) < 4.78 is 0. The van der Waals surface area contributed by atoms with Crippen LogP contribution < -0.4 is 5.32 Å². The number of hydrogen-bond donors (Lipinski definition) is 3. The number of hydrogen-bond acceptors (Lipinski definition) is 3. The zero-order valence-corrected chi connectivity index (χ0v) is 11.7. The van der Waals surface area contributed by atoms with Crippen LogP contribution in [0.25, 0.3) is 0 Å². The van der Waals surface area contributed by atoms with Crippen LogP contribution in [0.15, 0.2) is 0 Å². The van der Waals surface area contributed by atoms with E-state index in [-0.39, 0.29) is 24.4 Å². The summed E-state index contributed by atoms with van der Waals surface area (Å²) in [5, 5.41) is 20.7. The van der Waals surface area contributed by atoms with Gasteiger partial charge in [-0.05, 0) is 12.3 Å². The summed E-state index contributed by atoms with van der Waals surface area (Å²) in [6.07, 6.45) is -0.745. The largest absolute Gasteiger partial charge is 0.481 e. The molecule has 2 atom stereocenters. The van der Waals surface area contributed by atoms with Gasteiger partial charge in [0.25, 0.3) is 0 Å². The fourth-order valence-electron chi connectivity index (χ4n) is 1.49. The van der Waals surface area contributed by atoms with Gasteiger partial charge in [-0.2, -0.15) is 0 Å². The summed E-state index contributed by atoms with van der Waals surface area (Å²) in [5.41, 5.74) is -0.347. The first-order valence-electron chi connectivity index (χ1n) is 5.95. The third-order valence-corrected chi connectivity index (χ3v) is 2.61. The first-order chi connectivity index (χ1) is 8.04. The van der Waals surface area contributed by atoms with Crippen molar-refractivity contribution in [1.82, 2.24) is 10.2 Å². The van der Waals surface area contributed by atoms with Crippen LogP contribution in [0.3, 0.4) is 0 Å². The topological polar surface area (TPSA) is 89.9 Å². The van der Waals surface area contributed by atoms with Crippen molar-refractivity contribution in [1.29, 1.82) is 0 Å². The maximum Gasteiger partial charge on any atom is 0.317 e. The van der Waals surface area contributed by atoms with Gasteiger partial charge in [0, 0.05) is 19.6 Å². The Morgan fingerprint density at radius 3 is 2.17 bits per heavy atom. The Labute approximate surface area is 108 Å². The van der Waals surface area contributed by atoms with Crippen molar-refractivity contribution in [3.8, 4) is 0 Å². The highest BCUT2D eigenvalue weighted by atomic mass is 16.4. The molecule has 3 N–H and O–H groups in total. The van der Waals surface area contributed by atoms with E-state index < -0.39 is 18.1 Å². The van der Waals surface area contributed by atoms with Crippen molar-refractivity contribution in [3.63, 3.8) is 0 Å². The van der Waals surface area contributed by atoms with E-state index in [9.17, 15) is 14.7 Å². The molecule has 0 saturated carbocycles. The highest BCUT2D eigenvalue weighted by Crippen LogP contribution is 2.22. The van der Waals surface area contributed by atoms with Gasteiger partial charge in [0.2, 0.25) is 0 Å². The van der Waals surface area contributed by atoms with Crippen LogP contribution in [-0.4, -0.2) is 52.9 Å². The molecule has 106 valence electrons. The monoisotopic (exact) mass is 260 g/mol. The zero-order chi connectivity index (χ0) is 14.5. The summed E-state index contributed by atoms with van der Waals surface area (Å²) in [5.74, 6) is -0.951. The average molecular weight is 260 g/mol. The van der Waals surface area contributed by atoms with E-state index in [4.69, 9.17) is 5.11 Å². The molecule has 0 rings (SSSR count). The molecule has 0 fully saturated rings. The Hall–Kier alpha value is -1.30. The minimum Gasteiger partial charge on any atom is -0.481 e.